The van der Waals surface area contributed by atoms with Crippen LogP contribution in [0.4, 0.5) is 5.69 Å². The van der Waals surface area contributed by atoms with Crippen LogP contribution < -0.4 is 19.9 Å². The van der Waals surface area contributed by atoms with E-state index in [2.05, 4.69) is 6.92 Å². The molecule has 0 fully saturated rings. The molecule has 2 aromatic carbocycles. The van der Waals surface area contributed by atoms with E-state index in [-0.39, 0.29) is 0 Å². The van der Waals surface area contributed by atoms with Crippen LogP contribution in [0.1, 0.15) is 20.3 Å². The highest BCUT2D eigenvalue weighted by Gasteiger charge is 2.08. The number of nitrogen functional groups attached to an aromatic ring is 1. The van der Waals surface area contributed by atoms with Gasteiger partial charge in [0.25, 0.3) is 0 Å². The van der Waals surface area contributed by atoms with Gasteiger partial charge in [-0.05, 0) is 37.6 Å². The molecule has 4 nitrogen and oxygen atoms in total. The highest BCUT2D eigenvalue weighted by molar-refractivity contribution is 5.56. The molecule has 2 N–H and O–H groups in total. The van der Waals surface area contributed by atoms with E-state index in [0.29, 0.717) is 41.9 Å². The lowest BCUT2D eigenvalue weighted by atomic mass is 10.2. The van der Waals surface area contributed by atoms with E-state index in [1.54, 1.807) is 12.1 Å². The summed E-state index contributed by atoms with van der Waals surface area (Å²) in [5, 5.41) is 0. The molecule has 0 atom stereocenters. The zero-order valence-corrected chi connectivity index (χ0v) is 12.5. The summed E-state index contributed by atoms with van der Waals surface area (Å²) >= 11 is 0. The van der Waals surface area contributed by atoms with Gasteiger partial charge in [-0.15, -0.1) is 0 Å². The summed E-state index contributed by atoms with van der Waals surface area (Å²) < 4.78 is 17.0. The third kappa shape index (κ3) is 4.05. The van der Waals surface area contributed by atoms with Crippen LogP contribution in [-0.2, 0) is 0 Å². The maximum absolute atomic E-state index is 5.90. The van der Waals surface area contributed by atoms with Crippen molar-refractivity contribution in [3.8, 4) is 23.0 Å². The Kier molecular flexibility index (Phi) is 5.32. The maximum atomic E-state index is 5.90. The zero-order chi connectivity index (χ0) is 15.1. The monoisotopic (exact) mass is 287 g/mol. The van der Waals surface area contributed by atoms with Crippen LogP contribution in [0.5, 0.6) is 23.0 Å². The topological polar surface area (TPSA) is 53.7 Å². The molecule has 0 aromatic heterocycles. The normalized spacial score (nSPS) is 10.2. The van der Waals surface area contributed by atoms with Gasteiger partial charge in [0.05, 0.1) is 18.9 Å². The minimum atomic E-state index is 0.590. The Labute approximate surface area is 125 Å². The lowest BCUT2D eigenvalue weighted by Crippen LogP contribution is -1.99. The molecule has 0 saturated carbocycles. The van der Waals surface area contributed by atoms with E-state index < -0.39 is 0 Å². The molecule has 0 aliphatic carbocycles. The molecule has 0 aliphatic heterocycles. The van der Waals surface area contributed by atoms with E-state index in [4.69, 9.17) is 19.9 Å². The van der Waals surface area contributed by atoms with Crippen LogP contribution >= 0.6 is 0 Å². The van der Waals surface area contributed by atoms with Crippen LogP contribution in [0.2, 0.25) is 0 Å². The highest BCUT2D eigenvalue weighted by atomic mass is 16.5. The van der Waals surface area contributed by atoms with Crippen molar-refractivity contribution in [1.82, 2.24) is 0 Å². The molecular formula is C17H21NO3. The number of para-hydroxylation sites is 2. The van der Waals surface area contributed by atoms with Crippen LogP contribution in [-0.4, -0.2) is 13.2 Å². The number of ether oxygens (including phenoxy) is 3. The van der Waals surface area contributed by atoms with Crippen molar-refractivity contribution in [2.75, 3.05) is 18.9 Å². The minimum Gasteiger partial charge on any atom is -0.491 e. The van der Waals surface area contributed by atoms with E-state index in [1.807, 2.05) is 37.3 Å². The van der Waals surface area contributed by atoms with E-state index in [1.165, 1.54) is 0 Å². The summed E-state index contributed by atoms with van der Waals surface area (Å²) in [4.78, 5) is 0. The Morgan fingerprint density at radius 1 is 0.905 bits per heavy atom. The van der Waals surface area contributed by atoms with Crippen molar-refractivity contribution < 1.29 is 14.2 Å². The Morgan fingerprint density at radius 3 is 2.38 bits per heavy atom. The molecule has 4 heteroatoms. The molecule has 21 heavy (non-hydrogen) atoms. The van der Waals surface area contributed by atoms with Gasteiger partial charge < -0.3 is 19.9 Å². The summed E-state index contributed by atoms with van der Waals surface area (Å²) in [7, 11) is 0. The van der Waals surface area contributed by atoms with Crippen molar-refractivity contribution in [3.05, 3.63) is 42.5 Å². The molecule has 0 saturated heterocycles. The number of hydrogen-bond donors (Lipinski definition) is 1. The molecule has 2 rings (SSSR count). The van der Waals surface area contributed by atoms with Crippen LogP contribution in [0.3, 0.4) is 0 Å². The number of rotatable bonds is 7. The minimum absolute atomic E-state index is 0.590. The summed E-state index contributed by atoms with van der Waals surface area (Å²) in [6.07, 6.45) is 0.928. The fourth-order valence-electron chi connectivity index (χ4n) is 1.85. The zero-order valence-electron chi connectivity index (χ0n) is 12.5. The summed E-state index contributed by atoms with van der Waals surface area (Å²) in [5.74, 6) is 2.70. The Bertz CT molecular complexity index is 584. The van der Waals surface area contributed by atoms with Crippen LogP contribution in [0, 0.1) is 0 Å². The lowest BCUT2D eigenvalue weighted by Gasteiger charge is -2.13. The first-order valence-corrected chi connectivity index (χ1v) is 7.16. The Hall–Kier alpha value is -2.36. The van der Waals surface area contributed by atoms with Crippen molar-refractivity contribution in [2.24, 2.45) is 0 Å². The van der Waals surface area contributed by atoms with Crippen LogP contribution in [0.15, 0.2) is 42.5 Å². The third-order valence-corrected chi connectivity index (χ3v) is 2.82. The van der Waals surface area contributed by atoms with Gasteiger partial charge in [0.1, 0.15) is 11.5 Å². The molecule has 0 bridgehead atoms. The van der Waals surface area contributed by atoms with Crippen LogP contribution in [0.25, 0.3) is 0 Å². The number of anilines is 1. The lowest BCUT2D eigenvalue weighted by molar-refractivity contribution is 0.313. The van der Waals surface area contributed by atoms with Gasteiger partial charge in [-0.3, -0.25) is 0 Å². The third-order valence-electron chi connectivity index (χ3n) is 2.82. The van der Waals surface area contributed by atoms with Gasteiger partial charge in [0.15, 0.2) is 11.5 Å². The van der Waals surface area contributed by atoms with Crippen molar-refractivity contribution in [2.45, 2.75) is 20.3 Å². The van der Waals surface area contributed by atoms with Gasteiger partial charge in [0, 0.05) is 6.07 Å². The maximum Gasteiger partial charge on any atom is 0.169 e. The van der Waals surface area contributed by atoms with Gasteiger partial charge in [0.2, 0.25) is 0 Å². The van der Waals surface area contributed by atoms with Gasteiger partial charge in [-0.2, -0.15) is 0 Å². The second-order valence-corrected chi connectivity index (χ2v) is 4.53. The molecular weight excluding hydrogens is 266 g/mol. The Morgan fingerprint density at radius 2 is 1.67 bits per heavy atom. The molecule has 0 heterocycles. The first-order valence-electron chi connectivity index (χ1n) is 7.16. The standard InChI is InChI=1S/C17H21NO3/c1-3-11-20-17-12-13(9-10-14(17)18)21-16-8-6-5-7-15(16)19-4-2/h5-10,12H,3-4,11,18H2,1-2H3. The fourth-order valence-corrected chi connectivity index (χ4v) is 1.85. The predicted octanol–water partition coefficient (Wildman–Crippen LogP) is 4.25. The van der Waals surface area contributed by atoms with E-state index in [0.717, 1.165) is 6.42 Å². The first-order chi connectivity index (χ1) is 10.2. The number of nitrogens with two attached hydrogens (primary N) is 1. The molecule has 0 aliphatic rings. The Balaban J connectivity index is 2.19. The molecule has 0 radical (unpaired) electrons. The van der Waals surface area contributed by atoms with Gasteiger partial charge in [-0.1, -0.05) is 19.1 Å². The summed E-state index contributed by atoms with van der Waals surface area (Å²) in [6, 6.07) is 13.0. The van der Waals surface area contributed by atoms with Crippen molar-refractivity contribution in [1.29, 1.82) is 0 Å². The number of benzene rings is 2. The fraction of sp³-hybridized carbons (Fsp3) is 0.294. The quantitative estimate of drug-likeness (QED) is 0.773. The predicted molar refractivity (Wildman–Crippen MR) is 84.3 cm³/mol. The molecule has 0 amide bonds. The first kappa shape index (κ1) is 15.0. The van der Waals surface area contributed by atoms with Gasteiger partial charge in [-0.25, -0.2) is 0 Å². The summed E-state index contributed by atoms with van der Waals surface area (Å²) in [6.45, 7) is 5.21. The van der Waals surface area contributed by atoms with E-state index >= 15 is 0 Å². The average molecular weight is 287 g/mol. The molecule has 0 unspecified atom stereocenters. The molecule has 2 aromatic rings. The second kappa shape index (κ2) is 7.43. The highest BCUT2D eigenvalue weighted by Crippen LogP contribution is 2.34. The largest absolute Gasteiger partial charge is 0.491 e. The van der Waals surface area contributed by atoms with Gasteiger partial charge >= 0.3 is 0 Å². The van der Waals surface area contributed by atoms with Crippen molar-refractivity contribution >= 4 is 5.69 Å². The molecule has 0 spiro atoms. The summed E-state index contributed by atoms with van der Waals surface area (Å²) in [5.41, 5.74) is 6.50. The van der Waals surface area contributed by atoms with E-state index in [9.17, 15) is 0 Å². The second-order valence-electron chi connectivity index (χ2n) is 4.53. The average Bonchev–Trinajstić information content (AvgIpc) is 2.50. The SMILES string of the molecule is CCCOc1cc(Oc2ccccc2OCC)ccc1N. The van der Waals surface area contributed by atoms with Crippen molar-refractivity contribution in [3.63, 3.8) is 0 Å². The number of hydrogen-bond acceptors (Lipinski definition) is 4. The molecule has 112 valence electrons. The smallest absolute Gasteiger partial charge is 0.169 e.